The Morgan fingerprint density at radius 2 is 2.03 bits per heavy atom. The highest BCUT2D eigenvalue weighted by atomic mass is 32.2. The molecular formula is C21H19N5OS2. The van der Waals surface area contributed by atoms with Gasteiger partial charge in [0.2, 0.25) is 5.91 Å². The maximum absolute atomic E-state index is 12.8. The summed E-state index contributed by atoms with van der Waals surface area (Å²) < 4.78 is 1.98. The van der Waals surface area contributed by atoms with Gasteiger partial charge in [0.25, 0.3) is 0 Å². The maximum Gasteiger partial charge on any atom is 0.238 e. The van der Waals surface area contributed by atoms with Crippen molar-refractivity contribution in [1.82, 2.24) is 14.6 Å². The monoisotopic (exact) mass is 421 g/mol. The number of fused-ring (bicyclic) bond motifs is 3. The fraction of sp³-hybridized carbons (Fsp3) is 0.238. The van der Waals surface area contributed by atoms with Gasteiger partial charge in [-0.1, -0.05) is 30.0 Å². The van der Waals surface area contributed by atoms with Gasteiger partial charge in [-0.05, 0) is 51.0 Å². The van der Waals surface area contributed by atoms with Crippen LogP contribution in [-0.2, 0) is 4.79 Å². The molecule has 8 heteroatoms. The number of aromatic nitrogens is 3. The number of thioether (sulfide) groups is 1. The van der Waals surface area contributed by atoms with Crippen molar-refractivity contribution in [2.75, 3.05) is 5.32 Å². The number of thiophene rings is 1. The van der Waals surface area contributed by atoms with Crippen molar-refractivity contribution < 1.29 is 4.79 Å². The Balaban J connectivity index is 1.64. The summed E-state index contributed by atoms with van der Waals surface area (Å²) in [5.74, 6) is -0.166. The van der Waals surface area contributed by atoms with E-state index in [9.17, 15) is 10.1 Å². The molecule has 0 saturated carbocycles. The van der Waals surface area contributed by atoms with E-state index in [4.69, 9.17) is 0 Å². The lowest BCUT2D eigenvalue weighted by Crippen LogP contribution is -2.22. The van der Waals surface area contributed by atoms with Crippen molar-refractivity contribution in [2.45, 2.75) is 38.1 Å². The van der Waals surface area contributed by atoms with Crippen molar-refractivity contribution in [3.05, 3.63) is 51.9 Å². The third-order valence-electron chi connectivity index (χ3n) is 4.96. The Morgan fingerprint density at radius 1 is 1.28 bits per heavy atom. The van der Waals surface area contributed by atoms with Crippen LogP contribution in [0.2, 0.25) is 0 Å². The van der Waals surface area contributed by atoms with Crippen molar-refractivity contribution in [3.8, 4) is 6.07 Å². The Kier molecular flexibility index (Phi) is 5.03. The predicted octanol–water partition coefficient (Wildman–Crippen LogP) is 4.86. The Bertz CT molecular complexity index is 1300. The molecule has 0 bridgehead atoms. The fourth-order valence-electron chi connectivity index (χ4n) is 3.23. The first-order chi connectivity index (χ1) is 13.9. The van der Waals surface area contributed by atoms with E-state index in [2.05, 4.69) is 34.6 Å². The second-order valence-electron chi connectivity index (χ2n) is 6.87. The van der Waals surface area contributed by atoms with Crippen LogP contribution in [0.15, 0.2) is 35.5 Å². The van der Waals surface area contributed by atoms with Gasteiger partial charge in [-0.3, -0.25) is 9.20 Å². The van der Waals surface area contributed by atoms with Crippen LogP contribution in [0.4, 0.5) is 5.00 Å². The van der Waals surface area contributed by atoms with E-state index in [0.29, 0.717) is 15.7 Å². The van der Waals surface area contributed by atoms with Crippen LogP contribution in [-0.4, -0.2) is 25.8 Å². The molecule has 4 rings (SSSR count). The van der Waals surface area contributed by atoms with E-state index < -0.39 is 5.25 Å². The minimum Gasteiger partial charge on any atom is -0.316 e. The van der Waals surface area contributed by atoms with Gasteiger partial charge in [-0.2, -0.15) is 5.26 Å². The molecule has 1 N–H and O–H groups in total. The van der Waals surface area contributed by atoms with Crippen molar-refractivity contribution >= 4 is 50.6 Å². The SMILES string of the molecule is Cc1sc(NC(=O)C(C)Sc2nnc3cc(C)c4ccccc4n23)c(C#N)c1C. The van der Waals surface area contributed by atoms with E-state index in [1.165, 1.54) is 23.1 Å². The van der Waals surface area contributed by atoms with Crippen LogP contribution in [0, 0.1) is 32.1 Å². The highest BCUT2D eigenvalue weighted by Gasteiger charge is 2.22. The lowest BCUT2D eigenvalue weighted by atomic mass is 10.1. The van der Waals surface area contributed by atoms with E-state index in [1.807, 2.05) is 49.4 Å². The summed E-state index contributed by atoms with van der Waals surface area (Å²) in [6.07, 6.45) is 0. The summed E-state index contributed by atoms with van der Waals surface area (Å²) in [5, 5.41) is 22.9. The third-order valence-corrected chi connectivity index (χ3v) is 7.12. The highest BCUT2D eigenvalue weighted by molar-refractivity contribution is 8.00. The van der Waals surface area contributed by atoms with Gasteiger partial charge >= 0.3 is 0 Å². The summed E-state index contributed by atoms with van der Waals surface area (Å²) in [5.41, 5.74) is 4.35. The minimum absolute atomic E-state index is 0.166. The molecule has 3 heterocycles. The van der Waals surface area contributed by atoms with E-state index in [0.717, 1.165) is 32.6 Å². The van der Waals surface area contributed by atoms with Crippen molar-refractivity contribution in [3.63, 3.8) is 0 Å². The number of amides is 1. The summed E-state index contributed by atoms with van der Waals surface area (Å²) in [6, 6.07) is 12.3. The molecule has 4 aromatic rings. The summed E-state index contributed by atoms with van der Waals surface area (Å²) in [7, 11) is 0. The van der Waals surface area contributed by atoms with Crippen molar-refractivity contribution in [2.24, 2.45) is 0 Å². The van der Waals surface area contributed by atoms with Crippen LogP contribution in [0.3, 0.4) is 0 Å². The number of aryl methyl sites for hydroxylation is 2. The van der Waals surface area contributed by atoms with Gasteiger partial charge in [0.15, 0.2) is 10.8 Å². The molecule has 0 fully saturated rings. The molecule has 3 aromatic heterocycles. The molecule has 0 aliphatic heterocycles. The number of benzene rings is 1. The van der Waals surface area contributed by atoms with Gasteiger partial charge in [0, 0.05) is 10.3 Å². The summed E-state index contributed by atoms with van der Waals surface area (Å²) >= 11 is 2.78. The molecule has 0 spiro atoms. The lowest BCUT2D eigenvalue weighted by Gasteiger charge is -2.11. The zero-order valence-corrected chi connectivity index (χ0v) is 18.1. The molecule has 0 aliphatic rings. The van der Waals surface area contributed by atoms with Crippen LogP contribution >= 0.6 is 23.1 Å². The molecule has 1 atom stereocenters. The summed E-state index contributed by atoms with van der Waals surface area (Å²) in [6.45, 7) is 7.73. The average Bonchev–Trinajstić information content (AvgIpc) is 3.22. The molecule has 0 radical (unpaired) electrons. The fourth-order valence-corrected chi connectivity index (χ4v) is 5.11. The zero-order chi connectivity index (χ0) is 20.7. The molecule has 1 unspecified atom stereocenters. The molecule has 1 aromatic carbocycles. The average molecular weight is 422 g/mol. The quantitative estimate of drug-likeness (QED) is 0.476. The topological polar surface area (TPSA) is 83.1 Å². The number of carbonyl (C=O) groups is 1. The van der Waals surface area contributed by atoms with Gasteiger partial charge in [0.1, 0.15) is 11.1 Å². The number of nitrogens with zero attached hydrogens (tertiary/aromatic N) is 4. The second kappa shape index (κ2) is 7.50. The number of hydrogen-bond donors (Lipinski definition) is 1. The molecule has 0 aliphatic carbocycles. The molecule has 146 valence electrons. The number of pyridine rings is 1. The second-order valence-corrected chi connectivity index (χ2v) is 9.40. The highest BCUT2D eigenvalue weighted by Crippen LogP contribution is 2.33. The van der Waals surface area contributed by atoms with Gasteiger partial charge in [-0.25, -0.2) is 0 Å². The lowest BCUT2D eigenvalue weighted by molar-refractivity contribution is -0.115. The van der Waals surface area contributed by atoms with Gasteiger partial charge in [0.05, 0.1) is 16.3 Å². The Hall–Kier alpha value is -2.89. The third kappa shape index (κ3) is 3.37. The maximum atomic E-state index is 12.8. The van der Waals surface area contributed by atoms with E-state index >= 15 is 0 Å². The first-order valence-electron chi connectivity index (χ1n) is 9.11. The predicted molar refractivity (Wildman–Crippen MR) is 118 cm³/mol. The van der Waals surface area contributed by atoms with E-state index in [-0.39, 0.29) is 5.91 Å². The van der Waals surface area contributed by atoms with Crippen molar-refractivity contribution in [1.29, 1.82) is 5.26 Å². The number of rotatable bonds is 4. The number of hydrogen-bond acceptors (Lipinski definition) is 6. The van der Waals surface area contributed by atoms with Crippen LogP contribution in [0.5, 0.6) is 0 Å². The largest absolute Gasteiger partial charge is 0.316 e. The van der Waals surface area contributed by atoms with Gasteiger partial charge in [-0.15, -0.1) is 21.5 Å². The van der Waals surface area contributed by atoms with Crippen LogP contribution in [0.1, 0.15) is 28.5 Å². The normalized spacial score (nSPS) is 12.2. The number of nitrogens with one attached hydrogen (secondary N) is 1. The van der Waals surface area contributed by atoms with Gasteiger partial charge < -0.3 is 5.32 Å². The molecule has 6 nitrogen and oxygen atoms in total. The number of carbonyl (C=O) groups excluding carboxylic acids is 1. The molecule has 29 heavy (non-hydrogen) atoms. The first kappa shape index (κ1) is 19.4. The number of nitriles is 1. The van der Waals surface area contributed by atoms with Crippen LogP contribution < -0.4 is 5.32 Å². The minimum atomic E-state index is -0.406. The standard InChI is InChI=1S/C21H19N5OS2/c1-11-9-18-24-25-21(26(18)17-8-6-5-7-15(11)17)29-14(4)19(27)23-20-16(10-22)12(2)13(3)28-20/h5-9,14H,1-4H3,(H,23,27). The van der Waals surface area contributed by atoms with E-state index in [1.54, 1.807) is 0 Å². The molecular weight excluding hydrogens is 402 g/mol. The smallest absolute Gasteiger partial charge is 0.238 e. The number of anilines is 1. The zero-order valence-electron chi connectivity index (χ0n) is 16.5. The first-order valence-corrected chi connectivity index (χ1v) is 10.8. The Labute approximate surface area is 176 Å². The molecule has 1 amide bonds. The van der Waals surface area contributed by atoms with Crippen LogP contribution in [0.25, 0.3) is 16.6 Å². The molecule has 0 saturated heterocycles. The Morgan fingerprint density at radius 3 is 2.79 bits per heavy atom. The summed E-state index contributed by atoms with van der Waals surface area (Å²) in [4.78, 5) is 13.8. The number of para-hydroxylation sites is 1.